The lowest BCUT2D eigenvalue weighted by Crippen LogP contribution is -2.61. The first-order valence-electron chi connectivity index (χ1n) is 11.9. The number of ether oxygens (including phenoxy) is 2. The molecule has 7 nitrogen and oxygen atoms in total. The monoisotopic (exact) mass is 484 g/mol. The standard InChI is InChI=1S/C26H32N2O5S/c1-32-23-9-8-21(13-24(23)33-2)28(34(30,31)22-6-4-3-5-7-22)17-25(29)27-26-14-18-10-19(15-26)12-20(11-18)16-26/h3-9,13,18-20H,10-12,14-17H2,1-2H3,(H,27,29). The Bertz CT molecular complexity index is 1130. The van der Waals surface area contributed by atoms with E-state index in [1.165, 1.54) is 37.8 Å². The Hall–Kier alpha value is -2.74. The molecular formula is C26H32N2O5S. The first-order valence-corrected chi connectivity index (χ1v) is 13.4. The minimum atomic E-state index is -3.98. The Morgan fingerprint density at radius 1 is 0.941 bits per heavy atom. The molecule has 8 heteroatoms. The van der Waals surface area contributed by atoms with Gasteiger partial charge in [-0.05, 0) is 80.5 Å². The van der Waals surface area contributed by atoms with Crippen LogP contribution in [0.1, 0.15) is 38.5 Å². The van der Waals surface area contributed by atoms with E-state index in [1.807, 2.05) is 0 Å². The summed E-state index contributed by atoms with van der Waals surface area (Å²) in [6.07, 6.45) is 6.84. The van der Waals surface area contributed by atoms with E-state index in [1.54, 1.807) is 48.5 Å². The van der Waals surface area contributed by atoms with E-state index in [-0.39, 0.29) is 22.9 Å². The van der Waals surface area contributed by atoms with E-state index in [4.69, 9.17) is 9.47 Å². The maximum absolute atomic E-state index is 13.7. The molecule has 0 radical (unpaired) electrons. The maximum Gasteiger partial charge on any atom is 0.264 e. The van der Waals surface area contributed by atoms with Crippen LogP contribution in [-0.4, -0.2) is 40.6 Å². The first-order chi connectivity index (χ1) is 16.3. The average Bonchev–Trinajstić information content (AvgIpc) is 2.81. The number of sulfonamides is 1. The van der Waals surface area contributed by atoms with Gasteiger partial charge in [0.15, 0.2) is 11.5 Å². The Morgan fingerprint density at radius 2 is 1.53 bits per heavy atom. The zero-order valence-electron chi connectivity index (χ0n) is 19.7. The third-order valence-electron chi connectivity index (χ3n) is 7.72. The number of anilines is 1. The largest absolute Gasteiger partial charge is 0.493 e. The molecule has 4 saturated carbocycles. The molecule has 0 heterocycles. The van der Waals surface area contributed by atoms with Crippen molar-refractivity contribution in [3.05, 3.63) is 48.5 Å². The molecule has 0 atom stereocenters. The summed E-state index contributed by atoms with van der Waals surface area (Å²) in [7, 11) is -0.964. The van der Waals surface area contributed by atoms with Crippen LogP contribution in [0, 0.1) is 17.8 Å². The lowest BCUT2D eigenvalue weighted by atomic mass is 9.53. The minimum absolute atomic E-state index is 0.132. The second-order valence-corrected chi connectivity index (χ2v) is 12.0. The fraction of sp³-hybridized carbons (Fsp3) is 0.500. The summed E-state index contributed by atoms with van der Waals surface area (Å²) in [4.78, 5) is 13.5. The highest BCUT2D eigenvalue weighted by Gasteiger charge is 2.51. The van der Waals surface area contributed by atoms with Crippen molar-refractivity contribution < 1.29 is 22.7 Å². The van der Waals surface area contributed by atoms with E-state index in [9.17, 15) is 13.2 Å². The van der Waals surface area contributed by atoms with Gasteiger partial charge in [-0.25, -0.2) is 8.42 Å². The number of hydrogen-bond donors (Lipinski definition) is 1. The van der Waals surface area contributed by atoms with Crippen molar-refractivity contribution in [3.63, 3.8) is 0 Å². The summed E-state index contributed by atoms with van der Waals surface area (Å²) >= 11 is 0. The molecule has 2 aromatic rings. The van der Waals surface area contributed by atoms with E-state index in [2.05, 4.69) is 5.32 Å². The molecule has 4 bridgehead atoms. The lowest BCUT2D eigenvalue weighted by molar-refractivity contribution is -0.125. The van der Waals surface area contributed by atoms with Crippen LogP contribution in [0.15, 0.2) is 53.4 Å². The smallest absolute Gasteiger partial charge is 0.264 e. The molecule has 0 spiro atoms. The van der Waals surface area contributed by atoms with Crippen molar-refractivity contribution in [2.24, 2.45) is 17.8 Å². The topological polar surface area (TPSA) is 84.9 Å². The molecule has 4 aliphatic carbocycles. The van der Waals surface area contributed by atoms with Gasteiger partial charge in [0.1, 0.15) is 6.54 Å². The Labute approximate surface area is 201 Å². The van der Waals surface area contributed by atoms with Crippen LogP contribution in [0.5, 0.6) is 11.5 Å². The number of carbonyl (C=O) groups is 1. The van der Waals surface area contributed by atoms with Crippen LogP contribution < -0.4 is 19.1 Å². The van der Waals surface area contributed by atoms with Crippen LogP contribution >= 0.6 is 0 Å². The van der Waals surface area contributed by atoms with E-state index >= 15 is 0 Å². The Morgan fingerprint density at radius 3 is 2.09 bits per heavy atom. The Balaban J connectivity index is 1.45. The van der Waals surface area contributed by atoms with Gasteiger partial charge in [-0.1, -0.05) is 18.2 Å². The van der Waals surface area contributed by atoms with E-state index in [0.29, 0.717) is 34.9 Å². The highest BCUT2D eigenvalue weighted by atomic mass is 32.2. The molecule has 34 heavy (non-hydrogen) atoms. The minimum Gasteiger partial charge on any atom is -0.493 e. The van der Waals surface area contributed by atoms with Gasteiger partial charge in [0, 0.05) is 11.6 Å². The molecule has 6 rings (SSSR count). The quantitative estimate of drug-likeness (QED) is 0.613. The number of nitrogens with zero attached hydrogens (tertiary/aromatic N) is 1. The van der Waals surface area contributed by atoms with Crippen molar-refractivity contribution in [2.45, 2.75) is 49.0 Å². The summed E-state index contributed by atoms with van der Waals surface area (Å²) < 4.78 is 39.2. The Kier molecular flexibility index (Phi) is 5.96. The second kappa shape index (κ2) is 8.80. The molecule has 1 N–H and O–H groups in total. The average molecular weight is 485 g/mol. The molecule has 0 aromatic heterocycles. The second-order valence-electron chi connectivity index (χ2n) is 10.1. The van der Waals surface area contributed by atoms with Gasteiger partial charge in [-0.3, -0.25) is 9.10 Å². The highest BCUT2D eigenvalue weighted by Crippen LogP contribution is 2.55. The van der Waals surface area contributed by atoms with Crippen molar-refractivity contribution in [1.29, 1.82) is 0 Å². The zero-order chi connectivity index (χ0) is 23.9. The molecule has 0 aliphatic heterocycles. The molecule has 1 amide bonds. The van der Waals surface area contributed by atoms with Crippen LogP contribution in [0.3, 0.4) is 0 Å². The number of hydrogen-bond acceptors (Lipinski definition) is 5. The zero-order valence-corrected chi connectivity index (χ0v) is 20.5. The number of nitrogens with one attached hydrogen (secondary N) is 1. The summed E-state index contributed by atoms with van der Waals surface area (Å²) in [6, 6.07) is 13.1. The molecule has 2 aromatic carbocycles. The SMILES string of the molecule is COc1ccc(N(CC(=O)NC23CC4CC(CC(C4)C2)C3)S(=O)(=O)c2ccccc2)cc1OC. The summed E-state index contributed by atoms with van der Waals surface area (Å²) in [5.41, 5.74) is 0.160. The highest BCUT2D eigenvalue weighted by molar-refractivity contribution is 7.92. The van der Waals surface area contributed by atoms with Crippen LogP contribution in [0.25, 0.3) is 0 Å². The van der Waals surface area contributed by atoms with Crippen molar-refractivity contribution in [1.82, 2.24) is 5.32 Å². The van der Waals surface area contributed by atoms with Crippen molar-refractivity contribution >= 4 is 21.6 Å². The number of rotatable bonds is 8. The van der Waals surface area contributed by atoms with Crippen LogP contribution in [0.4, 0.5) is 5.69 Å². The van der Waals surface area contributed by atoms with Crippen LogP contribution in [-0.2, 0) is 14.8 Å². The predicted octanol–water partition coefficient (Wildman–Crippen LogP) is 3.98. The van der Waals surface area contributed by atoms with Gasteiger partial charge in [0.25, 0.3) is 10.0 Å². The molecule has 0 unspecified atom stereocenters. The van der Waals surface area contributed by atoms with Crippen molar-refractivity contribution in [3.8, 4) is 11.5 Å². The maximum atomic E-state index is 13.7. The van der Waals surface area contributed by atoms with Crippen molar-refractivity contribution in [2.75, 3.05) is 25.1 Å². The van der Waals surface area contributed by atoms with E-state index < -0.39 is 10.0 Å². The summed E-state index contributed by atoms with van der Waals surface area (Å²) in [5, 5.41) is 3.30. The van der Waals surface area contributed by atoms with E-state index in [0.717, 1.165) is 19.3 Å². The fourth-order valence-corrected chi connectivity index (χ4v) is 8.18. The third kappa shape index (κ3) is 4.24. The number of carbonyl (C=O) groups excluding carboxylic acids is 1. The molecule has 182 valence electrons. The molecule has 4 aliphatic rings. The fourth-order valence-electron chi connectivity index (χ4n) is 6.74. The normalized spacial score (nSPS) is 27.3. The van der Waals surface area contributed by atoms with Crippen LogP contribution in [0.2, 0.25) is 0 Å². The van der Waals surface area contributed by atoms with Gasteiger partial charge in [0.2, 0.25) is 5.91 Å². The molecule has 0 saturated heterocycles. The molecular weight excluding hydrogens is 452 g/mol. The first kappa shape index (κ1) is 23.0. The van der Waals surface area contributed by atoms with Gasteiger partial charge >= 0.3 is 0 Å². The lowest BCUT2D eigenvalue weighted by Gasteiger charge is -2.57. The predicted molar refractivity (Wildman–Crippen MR) is 130 cm³/mol. The number of methoxy groups -OCH3 is 2. The third-order valence-corrected chi connectivity index (χ3v) is 9.50. The summed E-state index contributed by atoms with van der Waals surface area (Å²) in [6.45, 7) is -0.297. The number of benzene rings is 2. The number of amides is 1. The van der Waals surface area contributed by atoms with Gasteiger partial charge < -0.3 is 14.8 Å². The molecule has 4 fully saturated rings. The van der Waals surface area contributed by atoms with Gasteiger partial charge in [0.05, 0.1) is 24.8 Å². The summed E-state index contributed by atoms with van der Waals surface area (Å²) in [5.74, 6) is 2.66. The van der Waals surface area contributed by atoms with Gasteiger partial charge in [-0.15, -0.1) is 0 Å². The van der Waals surface area contributed by atoms with Gasteiger partial charge in [-0.2, -0.15) is 0 Å².